The largest absolute Gasteiger partial charge is 0.494 e. The highest BCUT2D eigenvalue weighted by molar-refractivity contribution is 6.03. The van der Waals surface area contributed by atoms with Crippen LogP contribution in [0.15, 0.2) is 36.4 Å². The molecule has 0 aromatic heterocycles. The van der Waals surface area contributed by atoms with Crippen molar-refractivity contribution in [2.24, 2.45) is 17.8 Å². The summed E-state index contributed by atoms with van der Waals surface area (Å²) in [6.45, 7) is 4.67. The lowest BCUT2D eigenvalue weighted by molar-refractivity contribution is -0.142. The van der Waals surface area contributed by atoms with Gasteiger partial charge >= 0.3 is 0 Å². The fourth-order valence-electron chi connectivity index (χ4n) is 6.77. The van der Waals surface area contributed by atoms with Gasteiger partial charge < -0.3 is 25.0 Å². The van der Waals surface area contributed by atoms with Gasteiger partial charge in [0.2, 0.25) is 17.7 Å². The number of ether oxygens (including phenoxy) is 2. The Hall–Kier alpha value is -2.87. The molecule has 2 N–H and O–H groups in total. The molecule has 3 amide bonds. The number of nitrogens with one attached hydrogen (secondary N) is 2. The third-order valence-electron chi connectivity index (χ3n) is 8.68. The number of nitrogens with zero attached hydrogens (tertiary/aromatic N) is 1. The second kappa shape index (κ2) is 8.91. The topological polar surface area (TPSA) is 97.0 Å². The van der Waals surface area contributed by atoms with Gasteiger partial charge in [0.15, 0.2) is 0 Å². The lowest BCUT2D eigenvalue weighted by Gasteiger charge is -2.36. The van der Waals surface area contributed by atoms with Crippen molar-refractivity contribution >= 4 is 23.4 Å². The molecule has 2 bridgehead atoms. The predicted molar refractivity (Wildman–Crippen MR) is 133 cm³/mol. The number of fused-ring (bicyclic) bond motifs is 1. The highest BCUT2D eigenvalue weighted by atomic mass is 16.5. The minimum absolute atomic E-state index is 0.0443. The zero-order valence-corrected chi connectivity index (χ0v) is 20.9. The van der Waals surface area contributed by atoms with Crippen LogP contribution in [0.25, 0.3) is 0 Å². The van der Waals surface area contributed by atoms with Gasteiger partial charge in [-0.3, -0.25) is 14.4 Å². The van der Waals surface area contributed by atoms with Crippen LogP contribution in [0.5, 0.6) is 5.75 Å². The number of likely N-dealkylation sites (tertiary alicyclic amines) is 1. The summed E-state index contributed by atoms with van der Waals surface area (Å²) in [6.07, 6.45) is 9.35. The van der Waals surface area contributed by atoms with Gasteiger partial charge in [-0.15, -0.1) is 0 Å². The Morgan fingerprint density at radius 2 is 1.86 bits per heavy atom. The molecule has 1 aromatic rings. The van der Waals surface area contributed by atoms with Crippen molar-refractivity contribution in [3.63, 3.8) is 0 Å². The van der Waals surface area contributed by atoms with E-state index in [1.165, 1.54) is 6.42 Å². The van der Waals surface area contributed by atoms with E-state index in [0.29, 0.717) is 18.2 Å². The average molecular weight is 494 g/mol. The molecule has 3 aliphatic heterocycles. The summed E-state index contributed by atoms with van der Waals surface area (Å²) in [6, 6.07) is 6.61. The molecule has 2 saturated heterocycles. The number of carbonyl (C=O) groups is 3. The molecule has 2 aliphatic carbocycles. The highest BCUT2D eigenvalue weighted by Gasteiger charge is 2.74. The Balaban J connectivity index is 1.25. The zero-order chi connectivity index (χ0) is 25.0. The molecular weight excluding hydrogens is 458 g/mol. The molecule has 8 nitrogen and oxygen atoms in total. The number of rotatable bonds is 7. The molecule has 192 valence electrons. The molecule has 7 atom stereocenters. The maximum Gasteiger partial charge on any atom is 0.246 e. The van der Waals surface area contributed by atoms with E-state index in [9.17, 15) is 14.4 Å². The summed E-state index contributed by atoms with van der Waals surface area (Å²) in [5, 5.41) is 6.24. The number of carbonyl (C=O) groups excluding carboxylic acids is 3. The Labute approximate surface area is 211 Å². The first-order valence-electron chi connectivity index (χ1n) is 13.5. The van der Waals surface area contributed by atoms with Gasteiger partial charge in [0.25, 0.3) is 0 Å². The summed E-state index contributed by atoms with van der Waals surface area (Å²) in [7, 11) is 0. The van der Waals surface area contributed by atoms with E-state index in [0.717, 1.165) is 37.9 Å². The van der Waals surface area contributed by atoms with Crippen LogP contribution in [0, 0.1) is 17.8 Å². The highest BCUT2D eigenvalue weighted by Crippen LogP contribution is 2.57. The summed E-state index contributed by atoms with van der Waals surface area (Å²) < 4.78 is 11.9. The summed E-state index contributed by atoms with van der Waals surface area (Å²) in [5.41, 5.74) is -0.456. The third kappa shape index (κ3) is 3.72. The van der Waals surface area contributed by atoms with Crippen LogP contribution in [-0.4, -0.2) is 59.1 Å². The summed E-state index contributed by atoms with van der Waals surface area (Å²) in [5.74, 6) is -0.773. The van der Waals surface area contributed by atoms with Gasteiger partial charge in [0.05, 0.1) is 24.5 Å². The first-order valence-corrected chi connectivity index (χ1v) is 13.5. The normalized spacial score (nSPS) is 36.6. The van der Waals surface area contributed by atoms with Crippen molar-refractivity contribution < 1.29 is 23.9 Å². The molecule has 5 aliphatic rings. The van der Waals surface area contributed by atoms with E-state index in [2.05, 4.69) is 17.6 Å². The molecular formula is C28H35N3O5. The summed E-state index contributed by atoms with van der Waals surface area (Å²) in [4.78, 5) is 42.9. The van der Waals surface area contributed by atoms with E-state index >= 15 is 0 Å². The summed E-state index contributed by atoms with van der Waals surface area (Å²) >= 11 is 0. The van der Waals surface area contributed by atoms with E-state index in [1.807, 2.05) is 19.1 Å². The van der Waals surface area contributed by atoms with Gasteiger partial charge in [0.1, 0.15) is 17.4 Å². The van der Waals surface area contributed by atoms with Crippen molar-refractivity contribution in [3.8, 4) is 5.75 Å². The van der Waals surface area contributed by atoms with E-state index in [1.54, 1.807) is 29.2 Å². The molecule has 8 heteroatoms. The van der Waals surface area contributed by atoms with Crippen LogP contribution in [0.4, 0.5) is 5.69 Å². The lowest BCUT2D eigenvalue weighted by atomic mass is 9.74. The third-order valence-corrected chi connectivity index (χ3v) is 8.68. The smallest absolute Gasteiger partial charge is 0.246 e. The van der Waals surface area contributed by atoms with Gasteiger partial charge in [-0.05, 0) is 62.8 Å². The number of hydrogen-bond donors (Lipinski definition) is 2. The molecule has 36 heavy (non-hydrogen) atoms. The van der Waals surface area contributed by atoms with Crippen LogP contribution in [0.2, 0.25) is 0 Å². The van der Waals surface area contributed by atoms with Gasteiger partial charge in [-0.1, -0.05) is 31.9 Å². The standard InChI is InChI=1S/C28H35N3O5/c1-3-35-19-12-8-17(9-13-19)29-25(32)22-21-14-15-28(36-21)23(22)27(34)31(18-10-11-18)24(28)26(33)30-20-7-5-4-6-16(20)2/h8-9,12-16,18,20-24H,3-7,10-11H2,1-2H3,(H,29,32)(H,30,33)/t16-,20+,21+,22-,23+,24+,28+/m0/s1. The van der Waals surface area contributed by atoms with Crippen LogP contribution in [0.3, 0.4) is 0 Å². The first kappa shape index (κ1) is 23.5. The first-order chi connectivity index (χ1) is 17.4. The van der Waals surface area contributed by atoms with Crippen LogP contribution < -0.4 is 15.4 Å². The van der Waals surface area contributed by atoms with Crippen molar-refractivity contribution in [2.75, 3.05) is 11.9 Å². The molecule has 1 spiro atoms. The number of benzene rings is 1. The van der Waals surface area contributed by atoms with Crippen molar-refractivity contribution in [1.82, 2.24) is 10.2 Å². The number of hydrogen-bond acceptors (Lipinski definition) is 5. The predicted octanol–water partition coefficient (Wildman–Crippen LogP) is 3.03. The number of anilines is 1. The number of amides is 3. The molecule has 3 heterocycles. The molecule has 4 fully saturated rings. The van der Waals surface area contributed by atoms with E-state index in [4.69, 9.17) is 9.47 Å². The zero-order valence-electron chi connectivity index (χ0n) is 20.9. The van der Waals surface area contributed by atoms with Crippen molar-refractivity contribution in [2.45, 2.75) is 82.2 Å². The van der Waals surface area contributed by atoms with Crippen molar-refractivity contribution in [1.29, 1.82) is 0 Å². The SMILES string of the molecule is CCOc1ccc(NC(=O)[C@H]2[C@H]3C=C[C@@]4(O3)[C@H]2C(=O)N(C2CC2)[C@@H]4C(=O)N[C@@H]2CCCC[C@@H]2C)cc1. The quantitative estimate of drug-likeness (QED) is 0.569. The van der Waals surface area contributed by atoms with Crippen LogP contribution in [0.1, 0.15) is 52.4 Å². The minimum Gasteiger partial charge on any atom is -0.494 e. The Bertz CT molecular complexity index is 1080. The van der Waals surface area contributed by atoms with Gasteiger partial charge in [-0.25, -0.2) is 0 Å². The van der Waals surface area contributed by atoms with Crippen LogP contribution in [-0.2, 0) is 19.1 Å². The van der Waals surface area contributed by atoms with E-state index < -0.39 is 29.6 Å². The average Bonchev–Trinajstić information content (AvgIpc) is 3.46. The monoisotopic (exact) mass is 493 g/mol. The van der Waals surface area contributed by atoms with Crippen molar-refractivity contribution in [3.05, 3.63) is 36.4 Å². The van der Waals surface area contributed by atoms with Crippen LogP contribution >= 0.6 is 0 Å². The Morgan fingerprint density at radius 3 is 2.56 bits per heavy atom. The molecule has 0 radical (unpaired) electrons. The molecule has 1 aromatic carbocycles. The fraction of sp³-hybridized carbons (Fsp3) is 0.607. The Morgan fingerprint density at radius 1 is 1.11 bits per heavy atom. The molecule has 2 saturated carbocycles. The second-order valence-corrected chi connectivity index (χ2v) is 11.0. The second-order valence-electron chi connectivity index (χ2n) is 11.0. The maximum atomic E-state index is 13.8. The minimum atomic E-state index is -1.09. The Kier molecular flexibility index (Phi) is 5.82. The van der Waals surface area contributed by atoms with Gasteiger partial charge in [0, 0.05) is 17.8 Å². The van der Waals surface area contributed by atoms with Gasteiger partial charge in [-0.2, -0.15) is 0 Å². The maximum absolute atomic E-state index is 13.8. The van der Waals surface area contributed by atoms with E-state index in [-0.39, 0.29) is 29.8 Å². The fourth-order valence-corrected chi connectivity index (χ4v) is 6.77. The molecule has 0 unspecified atom stereocenters. The lowest BCUT2D eigenvalue weighted by Crippen LogP contribution is -2.57. The molecule has 6 rings (SSSR count).